The first-order chi connectivity index (χ1) is 62.2. The van der Waals surface area contributed by atoms with Gasteiger partial charge in [-0.25, -0.2) is 0 Å². The fourth-order valence-corrected chi connectivity index (χ4v) is 25.8. The van der Waals surface area contributed by atoms with Gasteiger partial charge in [-0.1, -0.05) is 398 Å². The summed E-state index contributed by atoms with van der Waals surface area (Å²) >= 11 is 0. The van der Waals surface area contributed by atoms with Crippen molar-refractivity contribution < 1.29 is 0 Å². The average Bonchev–Trinajstić information content (AvgIpc) is 1.50. The van der Waals surface area contributed by atoms with Gasteiger partial charge in [-0.05, 0) is 321 Å². The molecule has 668 valence electrons. The number of anilines is 6. The summed E-state index contributed by atoms with van der Waals surface area (Å²) in [5.74, 6) is 2.96. The number of hydrogen-bond donors (Lipinski definition) is 0. The molecule has 2 nitrogen and oxygen atoms in total. The molecule has 0 N–H and O–H groups in total. The summed E-state index contributed by atoms with van der Waals surface area (Å²) in [6, 6.07) is 113. The largest absolute Gasteiger partial charge is 0.310 e. The van der Waals surface area contributed by atoms with E-state index in [-0.39, 0.29) is 59.6 Å². The van der Waals surface area contributed by atoms with Crippen molar-refractivity contribution in [2.45, 2.75) is 272 Å². The summed E-state index contributed by atoms with van der Waals surface area (Å²) in [6.07, 6.45) is 6.33. The third-order valence-corrected chi connectivity index (χ3v) is 33.4. The smallest absolute Gasteiger partial charge is 0.0543 e. The van der Waals surface area contributed by atoms with E-state index in [2.05, 4.69) is 469 Å². The lowest BCUT2D eigenvalue weighted by Gasteiger charge is -2.44. The average molecular weight is 1730 g/mol. The van der Waals surface area contributed by atoms with Crippen LogP contribution in [0.2, 0.25) is 0 Å². The van der Waals surface area contributed by atoms with Gasteiger partial charge in [0.15, 0.2) is 0 Å². The molecule has 2 heteroatoms. The van der Waals surface area contributed by atoms with E-state index in [0.717, 1.165) is 29.6 Å². The highest BCUT2D eigenvalue weighted by atomic mass is 15.2. The van der Waals surface area contributed by atoms with Crippen molar-refractivity contribution in [1.82, 2.24) is 0 Å². The Hall–Kier alpha value is -11.3. The predicted molar refractivity (Wildman–Crippen MR) is 564 cm³/mol. The van der Waals surface area contributed by atoms with E-state index in [4.69, 9.17) is 0 Å². The second-order valence-corrected chi connectivity index (χ2v) is 49.6. The fraction of sp³-hybridized carbons (Fsp3) is 0.354. The Morgan fingerprint density at radius 1 is 0.242 bits per heavy atom. The molecule has 8 aliphatic rings. The summed E-state index contributed by atoms with van der Waals surface area (Å²) in [7, 11) is 0. The van der Waals surface area contributed by atoms with Gasteiger partial charge in [0.1, 0.15) is 0 Å². The highest BCUT2D eigenvalue weighted by molar-refractivity contribution is 6.00. The first-order valence-electron chi connectivity index (χ1n) is 49.7. The molecule has 5 unspecified atom stereocenters. The normalized spacial score (nSPS) is 19.1. The lowest BCUT2D eigenvalue weighted by molar-refractivity contribution is 0.191. The maximum Gasteiger partial charge on any atom is 0.0543 e. The first-order valence-corrected chi connectivity index (χ1v) is 49.7. The summed E-state index contributed by atoms with van der Waals surface area (Å²) in [4.78, 5) is 5.36. The summed E-state index contributed by atoms with van der Waals surface area (Å²) < 4.78 is 0. The second-order valence-electron chi connectivity index (χ2n) is 49.6. The molecule has 0 aromatic heterocycles. The van der Waals surface area contributed by atoms with E-state index in [1.807, 2.05) is 0 Å². The van der Waals surface area contributed by atoms with Gasteiger partial charge in [0.25, 0.3) is 0 Å². The van der Waals surface area contributed by atoms with Crippen LogP contribution < -0.4 is 9.80 Å². The fourth-order valence-electron chi connectivity index (χ4n) is 25.8. The zero-order valence-electron chi connectivity index (χ0n) is 83.8. The van der Waals surface area contributed by atoms with Crippen molar-refractivity contribution in [1.29, 1.82) is 0 Å². The predicted octanol–water partition coefficient (Wildman–Crippen LogP) is 35.9. The standard InChI is InChI=1S/C130H138N2/c1-120(2,3)83-40-36-80(37-41-83)107-68-85(122(7,8)9)44-54-95(107)105-57-46-87(124(13,14)15)71-118(105)131(91-49-59-101-97-31-27-29-33-109(97)127(21,22)114(101)73-91)92-51-61-103-100-56-48-89(70-113(100)129(25,26)116(103)75-92)126(19,20)77-78-35-53-99-102-60-50-93(74-115(102)128(23,24)112(99)65-78)132(94-52-62-104-98-32-28-30-34-110(98)130(117(104)76-94)90-64-79-63-82(67-90)111(130)66-79)119-72-88(125(16,17)18)47-58-106(119)96-55-45-86(123(10,11)12)69-108(96)81-38-42-84(43-39-81)121(4,5)6/h27-62,65,68-76,79,82,90,111H,63-64,66-67,77H2,1-26H3. The quantitative estimate of drug-likeness (QED) is 0.114. The van der Waals surface area contributed by atoms with Crippen molar-refractivity contribution >= 4 is 34.1 Å². The molecule has 5 atom stereocenters. The molecule has 0 saturated heterocycles. The van der Waals surface area contributed by atoms with Gasteiger partial charge in [0.05, 0.1) is 11.4 Å². The van der Waals surface area contributed by atoms with Crippen LogP contribution in [0.1, 0.15) is 295 Å². The molecule has 4 fully saturated rings. The van der Waals surface area contributed by atoms with Gasteiger partial charge >= 0.3 is 0 Å². The van der Waals surface area contributed by atoms with Crippen LogP contribution >= 0.6 is 0 Å². The molecule has 4 bridgehead atoms. The zero-order chi connectivity index (χ0) is 93.0. The third-order valence-electron chi connectivity index (χ3n) is 33.4. The minimum atomic E-state index is -0.330. The van der Waals surface area contributed by atoms with Crippen LogP contribution in [0.3, 0.4) is 0 Å². The van der Waals surface area contributed by atoms with Crippen LogP contribution in [0.25, 0.3) is 89.0 Å². The topological polar surface area (TPSA) is 6.48 Å². The van der Waals surface area contributed by atoms with Gasteiger partial charge in [0.2, 0.25) is 0 Å². The molecule has 1 spiro atoms. The maximum atomic E-state index is 2.73. The van der Waals surface area contributed by atoms with E-state index in [0.29, 0.717) is 11.8 Å². The summed E-state index contributed by atoms with van der Waals surface area (Å²) in [5, 5.41) is 0. The zero-order valence-corrected chi connectivity index (χ0v) is 83.8. The monoisotopic (exact) mass is 1730 g/mol. The molecule has 0 aliphatic heterocycles. The van der Waals surface area contributed by atoms with Crippen molar-refractivity contribution in [3.05, 3.63) is 368 Å². The van der Waals surface area contributed by atoms with E-state index in [9.17, 15) is 0 Å². The SMILES string of the molecule is CC(C)(C)c1ccc(-c2cc(C(C)(C)C)ccc2-c2ccc(C(C)(C)C)cc2N(c2ccc3c(c2)C(C)(C)c2ccccc2-3)c2ccc3c(c2)C(C)(C)c2cc(C(C)(C)Cc4ccc5c(c4)C(C)(C)c4cc(N(c6ccc7c(c6)C6(c8ccccc8-7)C7CC8CC(C7)C6C8)c6cc(C(C)(C)C)ccc6-c6ccc(C(C)(C)C)cc6-c6ccc(C(C)(C)C)cc6)ccc4-5)ccc2-3)cc1. The minimum Gasteiger partial charge on any atom is -0.310 e. The van der Waals surface area contributed by atoms with Crippen LogP contribution in [-0.4, -0.2) is 0 Å². The Bertz CT molecular complexity index is 7050. The second kappa shape index (κ2) is 29.8. The van der Waals surface area contributed by atoms with Crippen LogP contribution in [0.15, 0.2) is 279 Å². The highest BCUT2D eigenvalue weighted by Crippen LogP contribution is 2.74. The molecular weight excluding hydrogens is 1590 g/mol. The Morgan fingerprint density at radius 3 is 0.985 bits per heavy atom. The molecule has 132 heavy (non-hydrogen) atoms. The molecule has 22 rings (SSSR count). The van der Waals surface area contributed by atoms with Gasteiger partial charge in [0, 0.05) is 55.5 Å². The lowest BCUT2D eigenvalue weighted by Crippen LogP contribution is -2.40. The van der Waals surface area contributed by atoms with Crippen LogP contribution in [0.4, 0.5) is 34.1 Å². The molecule has 14 aromatic rings. The number of fused-ring (bicyclic) bond motifs is 12. The van der Waals surface area contributed by atoms with Crippen LogP contribution in [0.5, 0.6) is 0 Å². The number of benzene rings is 14. The molecule has 4 saturated carbocycles. The third kappa shape index (κ3) is 13.9. The van der Waals surface area contributed by atoms with Crippen molar-refractivity contribution in [2.24, 2.45) is 23.7 Å². The summed E-state index contributed by atoms with van der Waals surface area (Å²) in [6.45, 7) is 62.1. The summed E-state index contributed by atoms with van der Waals surface area (Å²) in [5.41, 5.74) is 48.6. The van der Waals surface area contributed by atoms with Crippen LogP contribution in [0, 0.1) is 23.7 Å². The number of rotatable bonds is 13. The van der Waals surface area contributed by atoms with Crippen molar-refractivity contribution in [3.63, 3.8) is 0 Å². The molecule has 0 heterocycles. The van der Waals surface area contributed by atoms with E-state index >= 15 is 0 Å². The van der Waals surface area contributed by atoms with Gasteiger partial charge in [-0.2, -0.15) is 0 Å². The van der Waals surface area contributed by atoms with Crippen LogP contribution in [-0.2, 0) is 66.0 Å². The van der Waals surface area contributed by atoms with Gasteiger partial charge in [-0.15, -0.1) is 0 Å². The minimum absolute atomic E-state index is 0.0121. The van der Waals surface area contributed by atoms with Crippen molar-refractivity contribution in [3.8, 4) is 89.0 Å². The Kier molecular flexibility index (Phi) is 19.7. The van der Waals surface area contributed by atoms with Gasteiger partial charge < -0.3 is 9.80 Å². The molecular formula is C130H138N2. The van der Waals surface area contributed by atoms with E-state index in [1.54, 1.807) is 11.1 Å². The maximum absolute atomic E-state index is 2.73. The lowest BCUT2D eigenvalue weighted by atomic mass is 9.59. The van der Waals surface area contributed by atoms with Crippen molar-refractivity contribution in [2.75, 3.05) is 9.80 Å². The van der Waals surface area contributed by atoms with Gasteiger partial charge in [-0.3, -0.25) is 0 Å². The first kappa shape index (κ1) is 87.3. The molecule has 14 aromatic carbocycles. The highest BCUT2D eigenvalue weighted by Gasteiger charge is 2.66. The number of nitrogens with zero attached hydrogens (tertiary/aromatic N) is 2. The van der Waals surface area contributed by atoms with E-state index in [1.165, 1.54) is 215 Å². The Balaban J connectivity index is 0.654. The molecule has 0 radical (unpaired) electrons. The molecule has 8 aliphatic carbocycles. The van der Waals surface area contributed by atoms with E-state index < -0.39 is 0 Å². The Morgan fingerprint density at radius 2 is 0.561 bits per heavy atom. The Labute approximate surface area is 790 Å². The number of hydrogen-bond acceptors (Lipinski definition) is 2. The molecule has 0 amide bonds.